The molecule has 0 fully saturated rings. The molecule has 2 N–H and O–H groups in total. The number of halogens is 2. The number of nitrogens with two attached hydrogens (primary N) is 1. The number of hydrogen-bond acceptors (Lipinski definition) is 4. The van der Waals surface area contributed by atoms with E-state index in [2.05, 4.69) is 0 Å². The summed E-state index contributed by atoms with van der Waals surface area (Å²) in [4.78, 5) is 11.8. The molecule has 0 aliphatic heterocycles. The van der Waals surface area contributed by atoms with E-state index >= 15 is 0 Å². The molecule has 0 saturated carbocycles. The lowest BCUT2D eigenvalue weighted by atomic mass is 10.1. The largest absolute Gasteiger partial charge is 0.462 e. The third-order valence-corrected chi connectivity index (χ3v) is 2.65. The third-order valence-electron chi connectivity index (χ3n) is 2.65. The van der Waals surface area contributed by atoms with Gasteiger partial charge in [0.2, 0.25) is 0 Å². The van der Waals surface area contributed by atoms with Gasteiger partial charge in [-0.1, -0.05) is 6.07 Å². The zero-order valence-corrected chi connectivity index (χ0v) is 11.2. The Hall–Kier alpha value is -2.63. The van der Waals surface area contributed by atoms with E-state index in [1.165, 1.54) is 18.2 Å². The molecule has 0 amide bonds. The number of carbonyl (C=O) groups is 1. The Morgan fingerprint density at radius 2 is 1.95 bits per heavy atom. The van der Waals surface area contributed by atoms with Gasteiger partial charge in [0.15, 0.2) is 17.4 Å². The molecule has 4 nitrogen and oxygen atoms in total. The molecule has 0 spiro atoms. The van der Waals surface area contributed by atoms with Crippen molar-refractivity contribution in [3.63, 3.8) is 0 Å². The lowest BCUT2D eigenvalue weighted by Gasteiger charge is -2.13. The Kier molecular flexibility index (Phi) is 4.37. The topological polar surface area (TPSA) is 61.5 Å². The first-order valence-electron chi connectivity index (χ1n) is 6.21. The molecule has 21 heavy (non-hydrogen) atoms. The number of carbonyl (C=O) groups excluding carboxylic acids is 1. The summed E-state index contributed by atoms with van der Waals surface area (Å²) < 4.78 is 36.4. The van der Waals surface area contributed by atoms with Crippen LogP contribution in [0.2, 0.25) is 0 Å². The highest BCUT2D eigenvalue weighted by Gasteiger charge is 2.17. The average molecular weight is 293 g/mol. The summed E-state index contributed by atoms with van der Waals surface area (Å²) in [5.74, 6) is -2.59. The minimum Gasteiger partial charge on any atom is -0.462 e. The Labute approximate surface area is 120 Å². The number of nitrogen functional groups attached to an aromatic ring is 1. The van der Waals surface area contributed by atoms with Crippen molar-refractivity contribution in [1.29, 1.82) is 0 Å². The van der Waals surface area contributed by atoms with E-state index in [0.29, 0.717) is 0 Å². The lowest BCUT2D eigenvalue weighted by molar-refractivity contribution is 0.0523. The highest BCUT2D eigenvalue weighted by Crippen LogP contribution is 2.32. The van der Waals surface area contributed by atoms with Crippen molar-refractivity contribution in [3.05, 3.63) is 53.6 Å². The molecule has 0 unspecified atom stereocenters. The molecule has 0 bridgehead atoms. The maximum Gasteiger partial charge on any atom is 0.342 e. The van der Waals surface area contributed by atoms with Crippen LogP contribution in [0, 0.1) is 11.6 Å². The van der Waals surface area contributed by atoms with Crippen LogP contribution in [0.5, 0.6) is 11.5 Å². The van der Waals surface area contributed by atoms with E-state index in [1.807, 2.05) is 0 Å². The van der Waals surface area contributed by atoms with Crippen LogP contribution in [0.3, 0.4) is 0 Å². The summed E-state index contributed by atoms with van der Waals surface area (Å²) in [6.07, 6.45) is 0. The van der Waals surface area contributed by atoms with Gasteiger partial charge in [0.1, 0.15) is 11.3 Å². The summed E-state index contributed by atoms with van der Waals surface area (Å²) in [6, 6.07) is 7.60. The van der Waals surface area contributed by atoms with E-state index in [0.717, 1.165) is 12.1 Å². The van der Waals surface area contributed by atoms with Crippen molar-refractivity contribution in [2.75, 3.05) is 12.3 Å². The van der Waals surface area contributed by atoms with Crippen molar-refractivity contribution in [2.24, 2.45) is 0 Å². The van der Waals surface area contributed by atoms with E-state index in [1.54, 1.807) is 13.0 Å². The van der Waals surface area contributed by atoms with Crippen molar-refractivity contribution in [3.8, 4) is 11.5 Å². The van der Waals surface area contributed by atoms with Gasteiger partial charge in [-0.3, -0.25) is 0 Å². The van der Waals surface area contributed by atoms with Gasteiger partial charge in [0.05, 0.1) is 12.3 Å². The summed E-state index contributed by atoms with van der Waals surface area (Å²) in [5.41, 5.74) is 6.07. The molecule has 0 radical (unpaired) electrons. The SMILES string of the molecule is CCOC(=O)c1cccc(N)c1Oc1ccc(F)c(F)c1. The quantitative estimate of drug-likeness (QED) is 0.692. The standard InChI is InChI=1S/C15H13F2NO3/c1-2-20-15(19)10-4-3-5-13(18)14(10)21-9-6-7-11(16)12(17)8-9/h3-8H,2,18H2,1H3. The van der Waals surface area contributed by atoms with Gasteiger partial charge in [0, 0.05) is 6.07 Å². The Bertz CT molecular complexity index is 674. The summed E-state index contributed by atoms with van der Waals surface area (Å²) in [6.45, 7) is 1.86. The molecular formula is C15H13F2NO3. The van der Waals surface area contributed by atoms with E-state index < -0.39 is 17.6 Å². The van der Waals surface area contributed by atoms with Crippen LogP contribution in [0.4, 0.5) is 14.5 Å². The molecule has 0 aromatic heterocycles. The fourth-order valence-corrected chi connectivity index (χ4v) is 1.70. The zero-order valence-electron chi connectivity index (χ0n) is 11.2. The number of hydrogen-bond donors (Lipinski definition) is 1. The molecular weight excluding hydrogens is 280 g/mol. The maximum atomic E-state index is 13.2. The number of anilines is 1. The van der Waals surface area contributed by atoms with Crippen LogP contribution in [-0.2, 0) is 4.74 Å². The molecule has 2 aromatic rings. The van der Waals surface area contributed by atoms with Gasteiger partial charge in [-0.15, -0.1) is 0 Å². The van der Waals surface area contributed by atoms with Gasteiger partial charge in [-0.25, -0.2) is 13.6 Å². The fraction of sp³-hybridized carbons (Fsp3) is 0.133. The van der Waals surface area contributed by atoms with Crippen LogP contribution in [0.15, 0.2) is 36.4 Å². The number of ether oxygens (including phenoxy) is 2. The summed E-state index contributed by atoms with van der Waals surface area (Å²) in [7, 11) is 0. The van der Waals surface area contributed by atoms with Crippen molar-refractivity contribution < 1.29 is 23.0 Å². The first-order chi connectivity index (χ1) is 10.0. The van der Waals surface area contributed by atoms with Gasteiger partial charge in [0.25, 0.3) is 0 Å². The maximum absolute atomic E-state index is 13.2. The second kappa shape index (κ2) is 6.21. The molecule has 6 heteroatoms. The van der Waals surface area contributed by atoms with Crippen LogP contribution >= 0.6 is 0 Å². The van der Waals surface area contributed by atoms with Gasteiger partial charge >= 0.3 is 5.97 Å². The molecule has 2 rings (SSSR count). The highest BCUT2D eigenvalue weighted by molar-refractivity contribution is 5.94. The number of esters is 1. The second-order valence-electron chi connectivity index (χ2n) is 4.12. The first kappa shape index (κ1) is 14.8. The van der Waals surface area contributed by atoms with Gasteiger partial charge in [-0.2, -0.15) is 0 Å². The smallest absolute Gasteiger partial charge is 0.342 e. The lowest BCUT2D eigenvalue weighted by Crippen LogP contribution is -2.08. The molecule has 0 saturated heterocycles. The third kappa shape index (κ3) is 3.28. The second-order valence-corrected chi connectivity index (χ2v) is 4.12. The van der Waals surface area contributed by atoms with Crippen molar-refractivity contribution in [1.82, 2.24) is 0 Å². The Morgan fingerprint density at radius 3 is 2.62 bits per heavy atom. The average Bonchev–Trinajstić information content (AvgIpc) is 2.45. The molecule has 0 aliphatic rings. The van der Waals surface area contributed by atoms with Crippen LogP contribution in [0.25, 0.3) is 0 Å². The monoisotopic (exact) mass is 293 g/mol. The minimum atomic E-state index is -1.06. The van der Waals surface area contributed by atoms with Crippen LogP contribution < -0.4 is 10.5 Å². The van der Waals surface area contributed by atoms with Crippen LogP contribution in [-0.4, -0.2) is 12.6 Å². The predicted octanol–water partition coefficient (Wildman–Crippen LogP) is 3.52. The summed E-state index contributed by atoms with van der Waals surface area (Å²) >= 11 is 0. The predicted molar refractivity (Wildman–Crippen MR) is 73.2 cm³/mol. The molecule has 2 aromatic carbocycles. The molecule has 0 heterocycles. The molecule has 0 atom stereocenters. The van der Waals surface area contributed by atoms with E-state index in [9.17, 15) is 13.6 Å². The van der Waals surface area contributed by atoms with Crippen LogP contribution in [0.1, 0.15) is 17.3 Å². The van der Waals surface area contributed by atoms with Crippen molar-refractivity contribution in [2.45, 2.75) is 6.92 Å². The highest BCUT2D eigenvalue weighted by atomic mass is 19.2. The van der Waals surface area contributed by atoms with E-state index in [4.69, 9.17) is 15.2 Å². The molecule has 110 valence electrons. The number of para-hydroxylation sites is 1. The normalized spacial score (nSPS) is 10.2. The van der Waals surface area contributed by atoms with Gasteiger partial charge in [-0.05, 0) is 31.2 Å². The summed E-state index contributed by atoms with van der Waals surface area (Å²) in [5, 5.41) is 0. The fourth-order valence-electron chi connectivity index (χ4n) is 1.70. The number of benzene rings is 2. The zero-order chi connectivity index (χ0) is 15.4. The molecule has 0 aliphatic carbocycles. The van der Waals surface area contributed by atoms with E-state index in [-0.39, 0.29) is 29.4 Å². The minimum absolute atomic E-state index is 0.0253. The Morgan fingerprint density at radius 1 is 1.19 bits per heavy atom. The van der Waals surface area contributed by atoms with Gasteiger partial charge < -0.3 is 15.2 Å². The first-order valence-corrected chi connectivity index (χ1v) is 6.21. The van der Waals surface area contributed by atoms with Crippen molar-refractivity contribution >= 4 is 11.7 Å². The number of rotatable bonds is 4. The Balaban J connectivity index is 2.38.